The number of carbonyl (C=O) groups excluding carboxylic acids is 1. The predicted octanol–water partition coefficient (Wildman–Crippen LogP) is 3.43. The topological polar surface area (TPSA) is 69.0 Å². The third-order valence-corrected chi connectivity index (χ3v) is 7.36. The summed E-state index contributed by atoms with van der Waals surface area (Å²) in [6.45, 7) is 7.76. The molecule has 2 aromatic heterocycles. The van der Waals surface area contributed by atoms with Gasteiger partial charge in [-0.25, -0.2) is 8.42 Å². The van der Waals surface area contributed by atoms with Crippen LogP contribution in [0.5, 0.6) is 0 Å². The van der Waals surface area contributed by atoms with Gasteiger partial charge < -0.3 is 0 Å². The molecule has 0 bridgehead atoms. The van der Waals surface area contributed by atoms with Crippen molar-refractivity contribution < 1.29 is 13.2 Å². The molecule has 1 aliphatic rings. The molecule has 1 atom stereocenters. The summed E-state index contributed by atoms with van der Waals surface area (Å²) in [7, 11) is -2.96. The van der Waals surface area contributed by atoms with E-state index in [2.05, 4.69) is 5.10 Å². The quantitative estimate of drug-likeness (QED) is 0.604. The molecule has 3 heterocycles. The summed E-state index contributed by atoms with van der Waals surface area (Å²) >= 11 is 1.62. The molecule has 25 heavy (non-hydrogen) atoms. The van der Waals surface area contributed by atoms with Gasteiger partial charge in [-0.15, -0.1) is 11.3 Å². The van der Waals surface area contributed by atoms with Gasteiger partial charge in [-0.05, 0) is 52.3 Å². The zero-order valence-corrected chi connectivity index (χ0v) is 16.5. The van der Waals surface area contributed by atoms with Gasteiger partial charge in [0.1, 0.15) is 0 Å². The Labute approximate surface area is 152 Å². The Morgan fingerprint density at radius 1 is 1.32 bits per heavy atom. The van der Waals surface area contributed by atoms with Gasteiger partial charge in [0.25, 0.3) is 0 Å². The number of aryl methyl sites for hydroxylation is 3. The van der Waals surface area contributed by atoms with Crippen LogP contribution in [0.4, 0.5) is 0 Å². The van der Waals surface area contributed by atoms with Crippen molar-refractivity contribution in [3.05, 3.63) is 44.4 Å². The maximum absolute atomic E-state index is 12.4. The molecular formula is C18H22N2O3S2. The maximum atomic E-state index is 12.4. The van der Waals surface area contributed by atoms with Crippen molar-refractivity contribution in [1.82, 2.24) is 9.78 Å². The summed E-state index contributed by atoms with van der Waals surface area (Å²) in [5.74, 6) is 0.345. The summed E-state index contributed by atoms with van der Waals surface area (Å²) in [5.41, 5.74) is 3.34. The van der Waals surface area contributed by atoms with Crippen molar-refractivity contribution in [3.63, 3.8) is 0 Å². The van der Waals surface area contributed by atoms with Crippen LogP contribution in [0.1, 0.15) is 49.5 Å². The first kappa shape index (κ1) is 18.1. The van der Waals surface area contributed by atoms with Crippen molar-refractivity contribution in [2.75, 3.05) is 11.5 Å². The van der Waals surface area contributed by atoms with E-state index in [1.807, 2.05) is 38.4 Å². The van der Waals surface area contributed by atoms with Crippen molar-refractivity contribution in [3.8, 4) is 0 Å². The number of allylic oxidation sites excluding steroid dienone is 1. The summed E-state index contributed by atoms with van der Waals surface area (Å²) < 4.78 is 25.3. The van der Waals surface area contributed by atoms with E-state index in [0.717, 1.165) is 32.3 Å². The molecular weight excluding hydrogens is 356 g/mol. The zero-order valence-electron chi connectivity index (χ0n) is 14.9. The highest BCUT2D eigenvalue weighted by atomic mass is 32.2. The molecule has 0 saturated carbocycles. The second kappa shape index (κ2) is 6.53. The number of rotatable bonds is 4. The van der Waals surface area contributed by atoms with Gasteiger partial charge in [-0.1, -0.05) is 0 Å². The van der Waals surface area contributed by atoms with Crippen LogP contribution in [0.2, 0.25) is 0 Å². The van der Waals surface area contributed by atoms with Crippen LogP contribution in [0.25, 0.3) is 6.08 Å². The van der Waals surface area contributed by atoms with Gasteiger partial charge in [0, 0.05) is 26.6 Å². The largest absolute Gasteiger partial charge is 0.289 e. The number of hydrogen-bond acceptors (Lipinski definition) is 5. The number of nitrogens with zero attached hydrogens (tertiary/aromatic N) is 2. The fraction of sp³-hybridized carbons (Fsp3) is 0.444. The van der Waals surface area contributed by atoms with Crippen LogP contribution in [0.15, 0.2) is 12.1 Å². The minimum Gasteiger partial charge on any atom is -0.289 e. The molecule has 2 aromatic rings. The van der Waals surface area contributed by atoms with E-state index in [9.17, 15) is 13.2 Å². The van der Waals surface area contributed by atoms with Gasteiger partial charge in [0.05, 0.1) is 23.2 Å². The standard InChI is InChI=1S/C18H22N2O3S2/c1-11-9-17(14(4)24-11)18(21)6-5-16-12(2)19-20(13(16)3)15-7-8-25(22,23)10-15/h5-6,9,15H,7-8,10H2,1-4H3/b6-5+/t15-/m1/s1. The molecule has 5 nitrogen and oxygen atoms in total. The Morgan fingerprint density at radius 3 is 2.60 bits per heavy atom. The normalized spacial score (nSPS) is 19.8. The molecule has 0 aromatic carbocycles. The Morgan fingerprint density at radius 2 is 2.04 bits per heavy atom. The monoisotopic (exact) mass is 378 g/mol. The molecule has 0 aliphatic carbocycles. The van der Waals surface area contributed by atoms with Crippen molar-refractivity contribution in [2.24, 2.45) is 0 Å². The third kappa shape index (κ3) is 3.62. The average molecular weight is 379 g/mol. The minimum atomic E-state index is -2.96. The molecule has 1 aliphatic heterocycles. The number of aromatic nitrogens is 2. The molecule has 134 valence electrons. The van der Waals surface area contributed by atoms with E-state index in [1.54, 1.807) is 23.5 Å². The lowest BCUT2D eigenvalue weighted by Crippen LogP contribution is -2.13. The van der Waals surface area contributed by atoms with E-state index in [0.29, 0.717) is 6.42 Å². The minimum absolute atomic E-state index is 0.0168. The SMILES string of the molecule is Cc1cc(C(=O)/C=C/c2c(C)nn([C@@H]3CCS(=O)(=O)C3)c2C)c(C)s1. The summed E-state index contributed by atoms with van der Waals surface area (Å²) in [6.07, 6.45) is 3.98. The number of thiophene rings is 1. The molecule has 7 heteroatoms. The highest BCUT2D eigenvalue weighted by Gasteiger charge is 2.31. The Bertz CT molecular complexity index is 965. The Hall–Kier alpha value is -1.73. The van der Waals surface area contributed by atoms with Gasteiger partial charge in [0.2, 0.25) is 0 Å². The van der Waals surface area contributed by atoms with E-state index >= 15 is 0 Å². The van der Waals surface area contributed by atoms with Crippen LogP contribution in [0.3, 0.4) is 0 Å². The van der Waals surface area contributed by atoms with Gasteiger partial charge >= 0.3 is 0 Å². The molecule has 0 radical (unpaired) electrons. The first-order valence-electron chi connectivity index (χ1n) is 8.23. The van der Waals surface area contributed by atoms with Crippen molar-refractivity contribution in [1.29, 1.82) is 0 Å². The van der Waals surface area contributed by atoms with E-state index in [1.165, 1.54) is 0 Å². The number of hydrogen-bond donors (Lipinski definition) is 0. The first-order valence-corrected chi connectivity index (χ1v) is 10.9. The van der Waals surface area contributed by atoms with Crippen LogP contribution in [-0.4, -0.2) is 35.5 Å². The van der Waals surface area contributed by atoms with Crippen molar-refractivity contribution in [2.45, 2.75) is 40.2 Å². The highest BCUT2D eigenvalue weighted by molar-refractivity contribution is 7.91. The second-order valence-corrected chi connectivity index (χ2v) is 10.3. The molecule has 0 amide bonds. The Kier molecular flexibility index (Phi) is 4.72. The second-order valence-electron chi connectivity index (χ2n) is 6.61. The fourth-order valence-corrected chi connectivity index (χ4v) is 5.99. The van der Waals surface area contributed by atoms with E-state index < -0.39 is 9.84 Å². The molecule has 1 saturated heterocycles. The molecule has 0 spiro atoms. The van der Waals surface area contributed by atoms with E-state index in [4.69, 9.17) is 0 Å². The predicted molar refractivity (Wildman–Crippen MR) is 101 cm³/mol. The Balaban J connectivity index is 1.86. The van der Waals surface area contributed by atoms with Crippen LogP contribution in [0, 0.1) is 27.7 Å². The van der Waals surface area contributed by atoms with Crippen LogP contribution < -0.4 is 0 Å². The van der Waals surface area contributed by atoms with Gasteiger partial charge in [0.15, 0.2) is 15.6 Å². The van der Waals surface area contributed by atoms with Crippen LogP contribution >= 0.6 is 11.3 Å². The van der Waals surface area contributed by atoms with E-state index in [-0.39, 0.29) is 23.3 Å². The summed E-state index contributed by atoms with van der Waals surface area (Å²) in [5, 5.41) is 4.52. The lowest BCUT2D eigenvalue weighted by atomic mass is 10.1. The molecule has 1 fully saturated rings. The number of sulfone groups is 1. The maximum Gasteiger partial charge on any atom is 0.186 e. The molecule has 3 rings (SSSR count). The lowest BCUT2D eigenvalue weighted by Gasteiger charge is -2.10. The molecule has 0 N–H and O–H groups in total. The number of carbonyl (C=O) groups is 1. The van der Waals surface area contributed by atoms with Crippen LogP contribution in [-0.2, 0) is 9.84 Å². The summed E-state index contributed by atoms with van der Waals surface area (Å²) in [4.78, 5) is 14.6. The average Bonchev–Trinajstić information content (AvgIpc) is 3.13. The van der Waals surface area contributed by atoms with Gasteiger partial charge in [-0.3, -0.25) is 9.48 Å². The fourth-order valence-electron chi connectivity index (χ4n) is 3.36. The van der Waals surface area contributed by atoms with Crippen molar-refractivity contribution >= 4 is 33.0 Å². The first-order chi connectivity index (χ1) is 11.7. The third-order valence-electron chi connectivity index (χ3n) is 4.64. The number of ketones is 1. The lowest BCUT2D eigenvalue weighted by molar-refractivity contribution is 0.104. The van der Waals surface area contributed by atoms with Gasteiger partial charge in [-0.2, -0.15) is 5.10 Å². The zero-order chi connectivity index (χ0) is 18.4. The summed E-state index contributed by atoms with van der Waals surface area (Å²) in [6, 6.07) is 1.81. The smallest absolute Gasteiger partial charge is 0.186 e. The highest BCUT2D eigenvalue weighted by Crippen LogP contribution is 2.27. The molecule has 0 unspecified atom stereocenters.